The maximum absolute atomic E-state index is 10.3. The van der Waals surface area contributed by atoms with Gasteiger partial charge in [0.2, 0.25) is 5.88 Å². The highest BCUT2D eigenvalue weighted by Crippen LogP contribution is 2.08. The van der Waals surface area contributed by atoms with Crippen LogP contribution in [-0.4, -0.2) is 16.2 Å². The maximum Gasteiger partial charge on any atom is 0.411 e. The van der Waals surface area contributed by atoms with Crippen LogP contribution < -0.4 is 10.9 Å². The zero-order valence-electron chi connectivity index (χ0n) is 8.38. The predicted molar refractivity (Wildman–Crippen MR) is 55.4 cm³/mol. The number of hydrazine groups is 1. The van der Waals surface area contributed by atoms with Crippen molar-refractivity contribution < 1.29 is 14.7 Å². The van der Waals surface area contributed by atoms with Crippen LogP contribution in [0.25, 0.3) is 0 Å². The number of nitrogens with zero attached hydrogens (tertiary/aromatic N) is 1. The third kappa shape index (κ3) is 2.64. The molecule has 0 radical (unpaired) electrons. The Bertz CT molecular complexity index is 405. The van der Waals surface area contributed by atoms with E-state index < -0.39 is 6.09 Å². The molecule has 84 valence electrons. The van der Waals surface area contributed by atoms with Gasteiger partial charge < -0.3 is 9.94 Å². The summed E-state index contributed by atoms with van der Waals surface area (Å²) in [6.07, 6.45) is 0.385. The quantitative estimate of drug-likeness (QED) is 0.710. The van der Waals surface area contributed by atoms with E-state index in [-0.39, 0.29) is 5.88 Å². The second-order valence-corrected chi connectivity index (χ2v) is 3.23. The third-order valence-corrected chi connectivity index (χ3v) is 1.97. The van der Waals surface area contributed by atoms with Crippen molar-refractivity contribution in [2.75, 3.05) is 0 Å². The number of rotatable bonds is 3. The van der Waals surface area contributed by atoms with Gasteiger partial charge in [-0.2, -0.15) is 0 Å². The summed E-state index contributed by atoms with van der Waals surface area (Å²) in [7, 11) is 0. The van der Waals surface area contributed by atoms with Crippen molar-refractivity contribution in [2.24, 2.45) is 0 Å². The van der Waals surface area contributed by atoms with Crippen molar-refractivity contribution >= 4 is 6.09 Å². The van der Waals surface area contributed by atoms with Gasteiger partial charge in [0.15, 0.2) is 0 Å². The van der Waals surface area contributed by atoms with E-state index in [2.05, 4.69) is 10.9 Å². The highest BCUT2D eigenvalue weighted by Gasteiger charge is 2.14. The molecule has 1 aromatic rings. The number of amides is 1. The van der Waals surface area contributed by atoms with Crippen LogP contribution in [0.4, 0.5) is 4.79 Å². The van der Waals surface area contributed by atoms with Gasteiger partial charge >= 0.3 is 6.09 Å². The SMILES string of the molecule is O=C(O)NC1=CN(Cc2ccccc2)NO1. The molecule has 0 saturated heterocycles. The van der Waals surface area contributed by atoms with Crippen molar-refractivity contribution in [2.45, 2.75) is 6.54 Å². The molecule has 1 aliphatic rings. The van der Waals surface area contributed by atoms with Crippen LogP contribution in [0.1, 0.15) is 5.56 Å². The van der Waals surface area contributed by atoms with Crippen molar-refractivity contribution in [1.29, 1.82) is 0 Å². The number of carboxylic acid groups (broad SMARTS) is 1. The molecule has 0 bridgehead atoms. The van der Waals surface area contributed by atoms with Gasteiger partial charge in [-0.25, -0.2) is 4.79 Å². The molecule has 0 aromatic heterocycles. The van der Waals surface area contributed by atoms with E-state index in [0.717, 1.165) is 5.56 Å². The van der Waals surface area contributed by atoms with E-state index in [1.807, 2.05) is 30.3 Å². The van der Waals surface area contributed by atoms with Crippen LogP contribution in [0.2, 0.25) is 0 Å². The van der Waals surface area contributed by atoms with E-state index >= 15 is 0 Å². The zero-order valence-corrected chi connectivity index (χ0v) is 8.38. The summed E-state index contributed by atoms with van der Waals surface area (Å²) in [4.78, 5) is 15.2. The standard InChI is InChI=1S/C10H11N3O3/c14-10(15)11-9-7-13(12-16-9)6-8-4-2-1-3-5-8/h1-5,7,11-12H,6H2,(H,14,15). The van der Waals surface area contributed by atoms with Crippen LogP contribution in [0.5, 0.6) is 0 Å². The summed E-state index contributed by atoms with van der Waals surface area (Å²) in [5.41, 5.74) is 3.66. The summed E-state index contributed by atoms with van der Waals surface area (Å²) < 4.78 is 0. The molecule has 1 aliphatic heterocycles. The van der Waals surface area contributed by atoms with Gasteiger partial charge in [0.25, 0.3) is 0 Å². The Morgan fingerprint density at radius 1 is 1.44 bits per heavy atom. The fourth-order valence-corrected chi connectivity index (χ4v) is 1.32. The Morgan fingerprint density at radius 2 is 2.19 bits per heavy atom. The summed E-state index contributed by atoms with van der Waals surface area (Å²) >= 11 is 0. The molecule has 3 N–H and O–H groups in total. The lowest BCUT2D eigenvalue weighted by Gasteiger charge is -2.12. The second-order valence-electron chi connectivity index (χ2n) is 3.23. The zero-order chi connectivity index (χ0) is 11.4. The number of hydrogen-bond donors (Lipinski definition) is 3. The minimum absolute atomic E-state index is 0.156. The Hall–Kier alpha value is -2.21. The molecule has 1 heterocycles. The van der Waals surface area contributed by atoms with Crippen molar-refractivity contribution in [3.8, 4) is 0 Å². The summed E-state index contributed by atoms with van der Waals surface area (Å²) in [5, 5.41) is 12.2. The van der Waals surface area contributed by atoms with E-state index in [1.165, 1.54) is 0 Å². The first-order valence-corrected chi connectivity index (χ1v) is 4.69. The molecule has 0 unspecified atom stereocenters. The van der Waals surface area contributed by atoms with Gasteiger partial charge in [0.1, 0.15) is 0 Å². The highest BCUT2D eigenvalue weighted by atomic mass is 16.7. The first kappa shape index (κ1) is 10.3. The molecule has 0 atom stereocenters. The van der Waals surface area contributed by atoms with Crippen molar-refractivity contribution in [1.82, 2.24) is 15.9 Å². The smallest absolute Gasteiger partial charge is 0.411 e. The number of carbonyl (C=O) groups is 1. The molecule has 1 aromatic carbocycles. The molecule has 0 aliphatic carbocycles. The summed E-state index contributed by atoms with van der Waals surface area (Å²) in [5.74, 6) is 0.156. The Morgan fingerprint density at radius 3 is 2.88 bits per heavy atom. The van der Waals surface area contributed by atoms with Crippen LogP contribution in [-0.2, 0) is 11.4 Å². The average molecular weight is 221 g/mol. The van der Waals surface area contributed by atoms with Crippen LogP contribution >= 0.6 is 0 Å². The van der Waals surface area contributed by atoms with Crippen molar-refractivity contribution in [3.63, 3.8) is 0 Å². The van der Waals surface area contributed by atoms with Crippen LogP contribution in [0, 0.1) is 0 Å². The predicted octanol–water partition coefficient (Wildman–Crippen LogP) is 1.00. The maximum atomic E-state index is 10.3. The van der Waals surface area contributed by atoms with Gasteiger partial charge in [-0.1, -0.05) is 35.9 Å². The molecule has 16 heavy (non-hydrogen) atoms. The highest BCUT2D eigenvalue weighted by molar-refractivity contribution is 5.66. The lowest BCUT2D eigenvalue weighted by Crippen LogP contribution is -2.27. The van der Waals surface area contributed by atoms with E-state index in [4.69, 9.17) is 9.94 Å². The topological polar surface area (TPSA) is 73.8 Å². The van der Waals surface area contributed by atoms with Gasteiger partial charge in [0.05, 0.1) is 12.7 Å². The summed E-state index contributed by atoms with van der Waals surface area (Å²) in [6, 6.07) is 9.75. The number of benzene rings is 1. The van der Waals surface area contributed by atoms with Crippen LogP contribution in [0.15, 0.2) is 42.4 Å². The largest absolute Gasteiger partial charge is 0.465 e. The first-order valence-electron chi connectivity index (χ1n) is 4.69. The Labute approximate surface area is 92.0 Å². The number of nitrogens with one attached hydrogen (secondary N) is 2. The lowest BCUT2D eigenvalue weighted by atomic mass is 10.2. The van der Waals surface area contributed by atoms with E-state index in [9.17, 15) is 4.79 Å². The minimum atomic E-state index is -1.16. The molecule has 6 heteroatoms. The Balaban J connectivity index is 1.93. The monoisotopic (exact) mass is 221 g/mol. The molecule has 1 amide bonds. The average Bonchev–Trinajstić information content (AvgIpc) is 2.66. The fraction of sp³-hybridized carbons (Fsp3) is 0.100. The van der Waals surface area contributed by atoms with E-state index in [0.29, 0.717) is 6.54 Å². The summed E-state index contributed by atoms with van der Waals surface area (Å²) in [6.45, 7) is 0.589. The van der Waals surface area contributed by atoms with Crippen molar-refractivity contribution in [3.05, 3.63) is 48.0 Å². The fourth-order valence-electron chi connectivity index (χ4n) is 1.32. The third-order valence-electron chi connectivity index (χ3n) is 1.97. The normalized spacial score (nSPS) is 14.2. The van der Waals surface area contributed by atoms with Gasteiger partial charge in [-0.05, 0) is 5.56 Å². The molecule has 0 fully saturated rings. The van der Waals surface area contributed by atoms with Gasteiger partial charge in [0, 0.05) is 0 Å². The second kappa shape index (κ2) is 4.54. The van der Waals surface area contributed by atoms with Gasteiger partial charge in [-0.3, -0.25) is 10.3 Å². The lowest BCUT2D eigenvalue weighted by molar-refractivity contribution is 0.0115. The molecule has 2 rings (SSSR count). The molecular weight excluding hydrogens is 210 g/mol. The Kier molecular flexibility index (Phi) is 2.93. The van der Waals surface area contributed by atoms with E-state index in [1.54, 1.807) is 11.2 Å². The molecular formula is C10H11N3O3. The van der Waals surface area contributed by atoms with Gasteiger partial charge in [-0.15, -0.1) is 0 Å². The molecule has 6 nitrogen and oxygen atoms in total. The first-order chi connectivity index (χ1) is 7.74. The number of hydrogen-bond acceptors (Lipinski definition) is 4. The molecule has 0 saturated carbocycles. The minimum Gasteiger partial charge on any atom is -0.465 e. The van der Waals surface area contributed by atoms with Crippen LogP contribution in [0.3, 0.4) is 0 Å². The molecule has 0 spiro atoms.